The van der Waals surface area contributed by atoms with E-state index in [0.29, 0.717) is 13.1 Å². The van der Waals surface area contributed by atoms with Crippen molar-refractivity contribution < 1.29 is 9.53 Å². The van der Waals surface area contributed by atoms with Crippen LogP contribution in [0.2, 0.25) is 0 Å². The van der Waals surface area contributed by atoms with E-state index in [1.807, 2.05) is 42.5 Å². The maximum Gasteiger partial charge on any atom is 0.226 e. The Morgan fingerprint density at radius 2 is 2.04 bits per heavy atom. The average Bonchev–Trinajstić information content (AvgIpc) is 3.36. The molecule has 3 N–H and O–H groups in total. The molecule has 0 aliphatic carbocycles. The van der Waals surface area contributed by atoms with E-state index in [-0.39, 0.29) is 17.9 Å². The number of imidazole rings is 1. The maximum atomic E-state index is 12.9. The lowest BCUT2D eigenvalue weighted by molar-refractivity contribution is -0.125. The number of amides is 1. The number of methoxy groups -OCH3 is 1. The normalized spacial score (nSPS) is 19.1. The first-order valence-corrected chi connectivity index (χ1v) is 9.55. The summed E-state index contributed by atoms with van der Waals surface area (Å²) in [6.07, 6.45) is 0. The van der Waals surface area contributed by atoms with Crippen molar-refractivity contribution in [1.82, 2.24) is 25.7 Å². The number of nitrogens with zero attached hydrogens (tertiary/aromatic N) is 2. The van der Waals surface area contributed by atoms with Gasteiger partial charge in [-0.25, -0.2) is 10.4 Å². The Balaban J connectivity index is 1.47. The van der Waals surface area contributed by atoms with E-state index in [9.17, 15) is 4.79 Å². The monoisotopic (exact) mass is 379 g/mol. The second kappa shape index (κ2) is 8.00. The number of benzene rings is 2. The quantitative estimate of drug-likeness (QED) is 0.612. The second-order valence-corrected chi connectivity index (χ2v) is 6.86. The standard InChI is InChI=1S/C21H25N5O2/c1-3-26-18-7-5-4-6-17(18)24-19(26)13-22-21(27)16-12-23-25-20(16)14-8-10-15(28-2)11-9-14/h4-11,16,20,23,25H,3,12-13H2,1-2H3,(H,22,27). The highest BCUT2D eigenvalue weighted by atomic mass is 16.5. The van der Waals surface area contributed by atoms with Crippen molar-refractivity contribution >= 4 is 16.9 Å². The van der Waals surface area contributed by atoms with Gasteiger partial charge in [-0.2, -0.15) is 0 Å². The zero-order chi connectivity index (χ0) is 19.5. The van der Waals surface area contributed by atoms with E-state index in [2.05, 4.69) is 38.7 Å². The van der Waals surface area contributed by atoms with Gasteiger partial charge in [-0.05, 0) is 36.8 Å². The van der Waals surface area contributed by atoms with Gasteiger partial charge < -0.3 is 14.6 Å². The van der Waals surface area contributed by atoms with Crippen LogP contribution < -0.4 is 20.9 Å². The summed E-state index contributed by atoms with van der Waals surface area (Å²) in [4.78, 5) is 17.6. The van der Waals surface area contributed by atoms with Gasteiger partial charge in [0, 0.05) is 13.1 Å². The Bertz CT molecular complexity index is 967. The van der Waals surface area contributed by atoms with Crippen molar-refractivity contribution in [2.24, 2.45) is 5.92 Å². The Hall–Kier alpha value is -2.90. The Morgan fingerprint density at radius 1 is 1.25 bits per heavy atom. The first-order valence-electron chi connectivity index (χ1n) is 9.55. The number of ether oxygens (including phenoxy) is 1. The fraction of sp³-hybridized carbons (Fsp3) is 0.333. The molecule has 146 valence electrons. The lowest BCUT2D eigenvalue weighted by atomic mass is 9.94. The molecule has 1 aromatic heterocycles. The summed E-state index contributed by atoms with van der Waals surface area (Å²) in [6, 6.07) is 15.7. The van der Waals surface area contributed by atoms with Crippen LogP contribution in [0.4, 0.5) is 0 Å². The third-order valence-corrected chi connectivity index (χ3v) is 5.26. The third kappa shape index (κ3) is 3.46. The third-order valence-electron chi connectivity index (χ3n) is 5.26. The van der Waals surface area contributed by atoms with Crippen LogP contribution in [0.5, 0.6) is 5.75 Å². The summed E-state index contributed by atoms with van der Waals surface area (Å²) in [5.74, 6) is 1.48. The van der Waals surface area contributed by atoms with Gasteiger partial charge in [0.25, 0.3) is 0 Å². The molecule has 0 saturated carbocycles. The molecule has 3 aromatic rings. The molecule has 2 atom stereocenters. The summed E-state index contributed by atoms with van der Waals surface area (Å²) in [5.41, 5.74) is 9.41. The number of nitrogens with one attached hydrogen (secondary N) is 3. The SMILES string of the molecule is CCn1c(CNC(=O)C2CNNC2c2ccc(OC)cc2)nc2ccccc21. The highest BCUT2D eigenvalue weighted by Crippen LogP contribution is 2.27. The molecule has 1 saturated heterocycles. The van der Waals surface area contributed by atoms with Gasteiger partial charge in [0.2, 0.25) is 5.91 Å². The predicted molar refractivity (Wildman–Crippen MR) is 108 cm³/mol. The minimum atomic E-state index is -0.201. The molecule has 4 rings (SSSR count). The summed E-state index contributed by atoms with van der Waals surface area (Å²) in [6.45, 7) is 3.89. The van der Waals surface area contributed by atoms with E-state index in [4.69, 9.17) is 4.74 Å². The number of hydrazine groups is 1. The Morgan fingerprint density at radius 3 is 2.79 bits per heavy atom. The number of carbonyl (C=O) groups is 1. The van der Waals surface area contributed by atoms with Crippen LogP contribution in [0.3, 0.4) is 0 Å². The van der Waals surface area contributed by atoms with Gasteiger partial charge >= 0.3 is 0 Å². The Labute approximate surface area is 164 Å². The minimum Gasteiger partial charge on any atom is -0.497 e. The highest BCUT2D eigenvalue weighted by Gasteiger charge is 2.34. The Kier molecular flexibility index (Phi) is 5.27. The molecule has 1 aliphatic heterocycles. The summed E-state index contributed by atoms with van der Waals surface area (Å²) >= 11 is 0. The van der Waals surface area contributed by atoms with Crippen LogP contribution in [0.1, 0.15) is 24.4 Å². The fourth-order valence-electron chi connectivity index (χ4n) is 3.78. The number of fused-ring (bicyclic) bond motifs is 1. The van der Waals surface area contributed by atoms with Crippen molar-refractivity contribution in [1.29, 1.82) is 0 Å². The van der Waals surface area contributed by atoms with E-state index in [1.165, 1.54) is 0 Å². The largest absolute Gasteiger partial charge is 0.497 e. The number of aromatic nitrogens is 2. The molecule has 0 radical (unpaired) electrons. The first kappa shape index (κ1) is 18.5. The van der Waals surface area contributed by atoms with Gasteiger partial charge in [-0.1, -0.05) is 24.3 Å². The van der Waals surface area contributed by atoms with Gasteiger partial charge in [0.05, 0.1) is 36.6 Å². The molecule has 2 aromatic carbocycles. The van der Waals surface area contributed by atoms with Crippen LogP contribution in [0.15, 0.2) is 48.5 Å². The maximum absolute atomic E-state index is 12.9. The van der Waals surface area contributed by atoms with Crippen LogP contribution in [-0.4, -0.2) is 29.1 Å². The van der Waals surface area contributed by atoms with Crippen LogP contribution >= 0.6 is 0 Å². The van der Waals surface area contributed by atoms with Crippen LogP contribution in [0, 0.1) is 5.92 Å². The molecule has 2 heterocycles. The molecule has 1 aliphatic rings. The number of rotatable bonds is 6. The first-order chi connectivity index (χ1) is 13.7. The fourth-order valence-corrected chi connectivity index (χ4v) is 3.78. The molecule has 2 unspecified atom stereocenters. The molecule has 0 bridgehead atoms. The van der Waals surface area contributed by atoms with E-state index < -0.39 is 0 Å². The lowest BCUT2D eigenvalue weighted by Crippen LogP contribution is -2.35. The zero-order valence-electron chi connectivity index (χ0n) is 16.1. The zero-order valence-corrected chi connectivity index (χ0v) is 16.1. The smallest absolute Gasteiger partial charge is 0.226 e. The number of aryl methyl sites for hydroxylation is 1. The molecule has 1 fully saturated rings. The summed E-state index contributed by atoms with van der Waals surface area (Å²) in [5, 5.41) is 3.07. The summed E-state index contributed by atoms with van der Waals surface area (Å²) in [7, 11) is 1.64. The molecule has 28 heavy (non-hydrogen) atoms. The number of hydrogen-bond acceptors (Lipinski definition) is 5. The summed E-state index contributed by atoms with van der Waals surface area (Å²) < 4.78 is 7.36. The van der Waals surface area contributed by atoms with Crippen molar-refractivity contribution in [3.05, 3.63) is 59.9 Å². The van der Waals surface area contributed by atoms with Crippen LogP contribution in [0.25, 0.3) is 11.0 Å². The number of carbonyl (C=O) groups excluding carboxylic acids is 1. The average molecular weight is 379 g/mol. The topological polar surface area (TPSA) is 80.2 Å². The van der Waals surface area contributed by atoms with E-state index in [1.54, 1.807) is 7.11 Å². The van der Waals surface area contributed by atoms with Crippen LogP contribution in [-0.2, 0) is 17.9 Å². The lowest BCUT2D eigenvalue weighted by Gasteiger charge is -2.19. The molecule has 7 heteroatoms. The molecular formula is C21H25N5O2. The van der Waals surface area contributed by atoms with Crippen molar-refractivity contribution in [2.45, 2.75) is 26.1 Å². The molecule has 1 amide bonds. The van der Waals surface area contributed by atoms with Gasteiger partial charge in [0.15, 0.2) is 0 Å². The van der Waals surface area contributed by atoms with Crippen molar-refractivity contribution in [3.8, 4) is 5.75 Å². The minimum absolute atomic E-state index is 0.00743. The second-order valence-electron chi connectivity index (χ2n) is 6.86. The van der Waals surface area contributed by atoms with E-state index in [0.717, 1.165) is 34.7 Å². The van der Waals surface area contributed by atoms with Crippen molar-refractivity contribution in [3.63, 3.8) is 0 Å². The predicted octanol–water partition coefficient (Wildman–Crippen LogP) is 2.15. The molecule has 7 nitrogen and oxygen atoms in total. The van der Waals surface area contributed by atoms with Gasteiger partial charge in [-0.3, -0.25) is 10.2 Å². The van der Waals surface area contributed by atoms with E-state index >= 15 is 0 Å². The van der Waals surface area contributed by atoms with Gasteiger partial charge in [0.1, 0.15) is 11.6 Å². The number of hydrogen-bond donors (Lipinski definition) is 3. The molecular weight excluding hydrogens is 354 g/mol. The van der Waals surface area contributed by atoms with Crippen molar-refractivity contribution in [2.75, 3.05) is 13.7 Å². The van der Waals surface area contributed by atoms with Gasteiger partial charge in [-0.15, -0.1) is 0 Å². The number of para-hydroxylation sites is 2. The molecule has 0 spiro atoms. The highest BCUT2D eigenvalue weighted by molar-refractivity contribution is 5.80.